The van der Waals surface area contributed by atoms with E-state index in [0.29, 0.717) is 22.2 Å². The Morgan fingerprint density at radius 3 is 2.71 bits per heavy atom. The van der Waals surface area contributed by atoms with E-state index in [1.54, 1.807) is 12.1 Å². The fourth-order valence-corrected chi connectivity index (χ4v) is 2.49. The molecule has 2 aromatic carbocycles. The fraction of sp³-hybridized carbons (Fsp3) is 0.176. The summed E-state index contributed by atoms with van der Waals surface area (Å²) in [6.45, 7) is 2.15. The summed E-state index contributed by atoms with van der Waals surface area (Å²) in [5.74, 6) is 0.986. The van der Waals surface area contributed by atoms with E-state index in [1.165, 1.54) is 7.11 Å². The van der Waals surface area contributed by atoms with Gasteiger partial charge in [-0.15, -0.1) is 0 Å². The van der Waals surface area contributed by atoms with Crippen LogP contribution in [-0.2, 0) is 4.74 Å². The van der Waals surface area contributed by atoms with Gasteiger partial charge in [-0.25, -0.2) is 4.79 Å². The van der Waals surface area contributed by atoms with Gasteiger partial charge in [-0.1, -0.05) is 6.07 Å². The predicted octanol–water partition coefficient (Wildman–Crippen LogP) is 3.32. The third-order valence-electron chi connectivity index (χ3n) is 3.54. The number of hydrogen-bond donors (Lipinski definition) is 2. The van der Waals surface area contributed by atoms with Gasteiger partial charge < -0.3 is 24.8 Å². The van der Waals surface area contributed by atoms with E-state index in [-0.39, 0.29) is 6.79 Å². The first kappa shape index (κ1) is 16.1. The Balaban J connectivity index is 1.72. The van der Waals surface area contributed by atoms with Gasteiger partial charge in [0, 0.05) is 17.4 Å². The van der Waals surface area contributed by atoms with Crippen molar-refractivity contribution in [2.24, 2.45) is 0 Å². The molecule has 0 spiro atoms. The van der Waals surface area contributed by atoms with Crippen molar-refractivity contribution in [3.63, 3.8) is 0 Å². The molecule has 6 nitrogen and oxygen atoms in total. The van der Waals surface area contributed by atoms with Crippen molar-refractivity contribution in [1.82, 2.24) is 0 Å². The second kappa shape index (κ2) is 6.76. The summed E-state index contributed by atoms with van der Waals surface area (Å²) in [5, 5.41) is 6.57. The Labute approximate surface area is 144 Å². The van der Waals surface area contributed by atoms with Gasteiger partial charge in [0.1, 0.15) is 0 Å². The van der Waals surface area contributed by atoms with Gasteiger partial charge in [-0.3, -0.25) is 0 Å². The second-order valence-corrected chi connectivity index (χ2v) is 5.58. The summed E-state index contributed by atoms with van der Waals surface area (Å²) in [7, 11) is 1.35. The van der Waals surface area contributed by atoms with Crippen LogP contribution in [0.3, 0.4) is 0 Å². The van der Waals surface area contributed by atoms with Crippen LogP contribution in [0.5, 0.6) is 11.5 Å². The first-order valence-corrected chi connectivity index (χ1v) is 7.64. The third kappa shape index (κ3) is 3.41. The molecule has 124 valence electrons. The molecule has 0 bridgehead atoms. The molecule has 0 amide bonds. The summed E-state index contributed by atoms with van der Waals surface area (Å²) in [5.41, 5.74) is 2.92. The zero-order valence-electron chi connectivity index (χ0n) is 13.2. The minimum absolute atomic E-state index is 0.223. The van der Waals surface area contributed by atoms with Gasteiger partial charge in [-0.2, -0.15) is 0 Å². The quantitative estimate of drug-likeness (QED) is 0.654. The Hall–Kier alpha value is -2.80. The zero-order chi connectivity index (χ0) is 17.1. The SMILES string of the molecule is COC(=O)c1ccc(C)c(NC(=S)Nc2ccc3c(c2)OCO3)c1. The number of fused-ring (bicyclic) bond motifs is 1. The maximum atomic E-state index is 11.6. The molecule has 0 aromatic heterocycles. The van der Waals surface area contributed by atoms with E-state index in [2.05, 4.69) is 10.6 Å². The minimum atomic E-state index is -0.396. The first-order chi connectivity index (χ1) is 11.6. The molecule has 0 unspecified atom stereocenters. The molecule has 0 saturated heterocycles. The average molecular weight is 344 g/mol. The van der Waals surface area contributed by atoms with Crippen molar-refractivity contribution < 1.29 is 19.0 Å². The number of anilines is 2. The lowest BCUT2D eigenvalue weighted by atomic mass is 10.1. The first-order valence-electron chi connectivity index (χ1n) is 7.23. The van der Waals surface area contributed by atoms with Crippen LogP contribution in [0, 0.1) is 6.92 Å². The van der Waals surface area contributed by atoms with E-state index in [9.17, 15) is 4.79 Å². The number of thiocarbonyl (C=S) groups is 1. The lowest BCUT2D eigenvalue weighted by Crippen LogP contribution is -2.20. The number of nitrogens with one attached hydrogen (secondary N) is 2. The van der Waals surface area contributed by atoms with Crippen molar-refractivity contribution >= 4 is 34.7 Å². The summed E-state index contributed by atoms with van der Waals surface area (Å²) < 4.78 is 15.3. The predicted molar refractivity (Wildman–Crippen MR) is 94.9 cm³/mol. The van der Waals surface area contributed by atoms with Crippen molar-refractivity contribution in [3.05, 3.63) is 47.5 Å². The smallest absolute Gasteiger partial charge is 0.337 e. The topological polar surface area (TPSA) is 68.8 Å². The van der Waals surface area contributed by atoms with E-state index in [1.807, 2.05) is 31.2 Å². The van der Waals surface area contributed by atoms with E-state index in [4.69, 9.17) is 26.4 Å². The summed E-state index contributed by atoms with van der Waals surface area (Å²) in [6, 6.07) is 10.7. The lowest BCUT2D eigenvalue weighted by molar-refractivity contribution is 0.0601. The van der Waals surface area contributed by atoms with E-state index < -0.39 is 5.97 Å². The highest BCUT2D eigenvalue weighted by Crippen LogP contribution is 2.34. The van der Waals surface area contributed by atoms with Crippen molar-refractivity contribution in [2.75, 3.05) is 24.5 Å². The van der Waals surface area contributed by atoms with Crippen LogP contribution in [0.15, 0.2) is 36.4 Å². The number of ether oxygens (including phenoxy) is 3. The molecular weight excluding hydrogens is 328 g/mol. The maximum absolute atomic E-state index is 11.6. The van der Waals surface area contributed by atoms with E-state index in [0.717, 1.165) is 16.9 Å². The molecule has 1 aliphatic heterocycles. The molecule has 7 heteroatoms. The molecule has 0 fully saturated rings. The van der Waals surface area contributed by atoms with Crippen LogP contribution in [-0.4, -0.2) is 25.0 Å². The van der Waals surface area contributed by atoms with Crippen molar-refractivity contribution in [1.29, 1.82) is 0 Å². The Kier molecular flexibility index (Phi) is 4.52. The molecule has 24 heavy (non-hydrogen) atoms. The van der Waals surface area contributed by atoms with Gasteiger partial charge in [0.05, 0.1) is 12.7 Å². The molecule has 2 aromatic rings. The number of methoxy groups -OCH3 is 1. The summed E-state index contributed by atoms with van der Waals surface area (Å²) in [4.78, 5) is 11.6. The average Bonchev–Trinajstić information content (AvgIpc) is 3.03. The molecule has 1 aliphatic rings. The molecule has 2 N–H and O–H groups in total. The number of rotatable bonds is 3. The third-order valence-corrected chi connectivity index (χ3v) is 3.74. The van der Waals surface area contributed by atoms with Gasteiger partial charge >= 0.3 is 5.97 Å². The van der Waals surface area contributed by atoms with Gasteiger partial charge in [0.15, 0.2) is 16.6 Å². The fourth-order valence-electron chi connectivity index (χ4n) is 2.26. The van der Waals surface area contributed by atoms with Gasteiger partial charge in [0.25, 0.3) is 0 Å². The molecule has 1 heterocycles. The number of aryl methyl sites for hydroxylation is 1. The molecule has 0 atom stereocenters. The number of carbonyl (C=O) groups is 1. The number of carbonyl (C=O) groups excluding carboxylic acids is 1. The van der Waals surface area contributed by atoms with Crippen LogP contribution >= 0.6 is 12.2 Å². The minimum Gasteiger partial charge on any atom is -0.465 e. The highest BCUT2D eigenvalue weighted by atomic mass is 32.1. The molecule has 0 aliphatic carbocycles. The largest absolute Gasteiger partial charge is 0.465 e. The standard InChI is InChI=1S/C17H16N2O4S/c1-10-3-4-11(16(20)21-2)7-13(10)19-17(24)18-12-5-6-14-15(8-12)23-9-22-14/h3-8H,9H2,1-2H3,(H2,18,19,24). The maximum Gasteiger partial charge on any atom is 0.337 e. The van der Waals surface area contributed by atoms with Crippen LogP contribution in [0.2, 0.25) is 0 Å². The molecule has 0 saturated carbocycles. The zero-order valence-corrected chi connectivity index (χ0v) is 14.0. The molecule has 0 radical (unpaired) electrons. The second-order valence-electron chi connectivity index (χ2n) is 5.17. The van der Waals surface area contributed by atoms with Gasteiger partial charge in [0.2, 0.25) is 6.79 Å². The van der Waals surface area contributed by atoms with Crippen molar-refractivity contribution in [3.8, 4) is 11.5 Å². The Morgan fingerprint density at radius 2 is 1.92 bits per heavy atom. The van der Waals surface area contributed by atoms with Gasteiger partial charge in [-0.05, 0) is 49.0 Å². The van der Waals surface area contributed by atoms with Crippen molar-refractivity contribution in [2.45, 2.75) is 6.92 Å². The number of benzene rings is 2. The van der Waals surface area contributed by atoms with Crippen LogP contribution in [0.4, 0.5) is 11.4 Å². The molecular formula is C17H16N2O4S. The number of hydrogen-bond acceptors (Lipinski definition) is 5. The monoisotopic (exact) mass is 344 g/mol. The normalized spacial score (nSPS) is 11.8. The Morgan fingerprint density at radius 1 is 1.12 bits per heavy atom. The highest BCUT2D eigenvalue weighted by Gasteiger charge is 2.14. The highest BCUT2D eigenvalue weighted by molar-refractivity contribution is 7.80. The van der Waals surface area contributed by atoms with Crippen LogP contribution in [0.25, 0.3) is 0 Å². The summed E-state index contributed by atoms with van der Waals surface area (Å²) >= 11 is 5.33. The summed E-state index contributed by atoms with van der Waals surface area (Å²) in [6.07, 6.45) is 0. The number of esters is 1. The molecule has 3 rings (SSSR count). The Bertz CT molecular complexity index is 807. The van der Waals surface area contributed by atoms with Crippen LogP contribution < -0.4 is 20.1 Å². The van der Waals surface area contributed by atoms with Crippen LogP contribution in [0.1, 0.15) is 15.9 Å². The lowest BCUT2D eigenvalue weighted by Gasteiger charge is -2.13. The van der Waals surface area contributed by atoms with E-state index >= 15 is 0 Å².